The lowest BCUT2D eigenvalue weighted by molar-refractivity contribution is -0.136. The van der Waals surface area contributed by atoms with Crippen LogP contribution in [0.25, 0.3) is 0 Å². The number of aliphatic imine (C=N–C) groups is 1. The molecule has 1 N–H and O–H groups in total. The summed E-state index contributed by atoms with van der Waals surface area (Å²) in [4.78, 5) is 24.8. The molecule has 3 atom stereocenters. The molecule has 1 saturated carbocycles. The number of anilines is 1. The maximum Gasteiger partial charge on any atom is 0.249 e. The third-order valence-electron chi connectivity index (χ3n) is 6.84. The standard InChI is InChI=1S/C24H26ClFN4OS/c1-15-29-21(22(32-15)16-2-5-18(26)6-3-16)23(31)30-11-10-24(8-9-24)12-19(30)14-28-20-7-4-17(25)13-27-20/h2-7,13,19,21-22H,8-12,14H2,1H3,(H,27,28). The number of nitrogens with one attached hydrogen (secondary N) is 1. The minimum Gasteiger partial charge on any atom is -0.368 e. The Kier molecular flexibility index (Phi) is 5.88. The highest BCUT2D eigenvalue weighted by Crippen LogP contribution is 2.55. The predicted octanol–water partition coefficient (Wildman–Crippen LogP) is 5.33. The molecule has 1 saturated heterocycles. The third-order valence-corrected chi connectivity index (χ3v) is 8.29. The molecule has 3 aliphatic rings. The van der Waals surface area contributed by atoms with Crippen molar-refractivity contribution in [3.8, 4) is 0 Å². The van der Waals surface area contributed by atoms with Crippen LogP contribution >= 0.6 is 23.4 Å². The van der Waals surface area contributed by atoms with Gasteiger partial charge in [-0.3, -0.25) is 9.79 Å². The zero-order chi connectivity index (χ0) is 22.3. The van der Waals surface area contributed by atoms with E-state index in [1.807, 2.05) is 24.0 Å². The fraction of sp³-hybridized carbons (Fsp3) is 0.458. The summed E-state index contributed by atoms with van der Waals surface area (Å²) in [5, 5.41) is 4.77. The highest BCUT2D eigenvalue weighted by Gasteiger charge is 2.50. The zero-order valence-corrected chi connectivity index (χ0v) is 19.5. The molecule has 32 heavy (non-hydrogen) atoms. The Morgan fingerprint density at radius 3 is 2.72 bits per heavy atom. The molecule has 5 nitrogen and oxygen atoms in total. The van der Waals surface area contributed by atoms with Gasteiger partial charge in [0.25, 0.3) is 0 Å². The van der Waals surface area contributed by atoms with Crippen molar-refractivity contribution in [3.63, 3.8) is 0 Å². The van der Waals surface area contributed by atoms with Crippen molar-refractivity contribution in [2.24, 2.45) is 10.4 Å². The van der Waals surface area contributed by atoms with Gasteiger partial charge in [0.05, 0.1) is 15.3 Å². The summed E-state index contributed by atoms with van der Waals surface area (Å²) in [6.45, 7) is 3.34. The van der Waals surface area contributed by atoms with Gasteiger partial charge in [-0.2, -0.15) is 0 Å². The van der Waals surface area contributed by atoms with Crippen LogP contribution in [0.5, 0.6) is 0 Å². The summed E-state index contributed by atoms with van der Waals surface area (Å²) in [6.07, 6.45) is 6.18. The maximum atomic E-state index is 13.8. The number of piperidine rings is 1. The number of hydrogen-bond donors (Lipinski definition) is 1. The Labute approximate surface area is 196 Å². The monoisotopic (exact) mass is 472 g/mol. The van der Waals surface area contributed by atoms with E-state index in [1.54, 1.807) is 30.1 Å². The van der Waals surface area contributed by atoms with Gasteiger partial charge in [0.15, 0.2) is 0 Å². The maximum absolute atomic E-state index is 13.8. The molecule has 5 rings (SSSR count). The second kappa shape index (κ2) is 8.67. The van der Waals surface area contributed by atoms with E-state index in [9.17, 15) is 9.18 Å². The average Bonchev–Trinajstić information content (AvgIpc) is 3.42. The first-order valence-corrected chi connectivity index (χ1v) is 12.3. The molecule has 3 unspecified atom stereocenters. The van der Waals surface area contributed by atoms with Gasteiger partial charge >= 0.3 is 0 Å². The summed E-state index contributed by atoms with van der Waals surface area (Å²) >= 11 is 7.54. The average molecular weight is 473 g/mol. The van der Waals surface area contributed by atoms with Crippen LogP contribution in [0.3, 0.4) is 0 Å². The molecule has 1 amide bonds. The first kappa shape index (κ1) is 21.7. The summed E-state index contributed by atoms with van der Waals surface area (Å²) in [5.74, 6) is 0.548. The minimum absolute atomic E-state index is 0.0649. The summed E-state index contributed by atoms with van der Waals surface area (Å²) < 4.78 is 13.4. The number of halogens is 2. The molecule has 8 heteroatoms. The predicted molar refractivity (Wildman–Crippen MR) is 128 cm³/mol. The van der Waals surface area contributed by atoms with E-state index in [0.29, 0.717) is 17.0 Å². The second-order valence-corrected chi connectivity index (χ2v) is 10.8. The Hall–Kier alpha value is -2.12. The molecule has 0 bridgehead atoms. The highest BCUT2D eigenvalue weighted by atomic mass is 35.5. The SMILES string of the molecule is CC1=NC(C(=O)N2CCC3(CC3)CC2CNc2ccc(Cl)cn2)C(c2ccc(F)cc2)S1. The molecule has 1 aromatic carbocycles. The zero-order valence-electron chi connectivity index (χ0n) is 17.9. The van der Waals surface area contributed by atoms with Crippen molar-refractivity contribution in [2.75, 3.05) is 18.4 Å². The molecule has 2 aromatic rings. The molecule has 2 aliphatic heterocycles. The van der Waals surface area contributed by atoms with E-state index in [-0.39, 0.29) is 23.0 Å². The van der Waals surface area contributed by atoms with Crippen LogP contribution in [0.4, 0.5) is 10.2 Å². The number of rotatable bonds is 5. The van der Waals surface area contributed by atoms with E-state index in [0.717, 1.165) is 35.8 Å². The minimum atomic E-state index is -0.477. The van der Waals surface area contributed by atoms with Gasteiger partial charge < -0.3 is 10.2 Å². The van der Waals surface area contributed by atoms with Gasteiger partial charge in [-0.15, -0.1) is 11.8 Å². The van der Waals surface area contributed by atoms with E-state index in [4.69, 9.17) is 16.6 Å². The van der Waals surface area contributed by atoms with Crippen molar-refractivity contribution < 1.29 is 9.18 Å². The fourth-order valence-corrected chi connectivity index (χ4v) is 6.11. The molecule has 2 fully saturated rings. The van der Waals surface area contributed by atoms with Crippen molar-refractivity contribution in [1.82, 2.24) is 9.88 Å². The topological polar surface area (TPSA) is 57.6 Å². The van der Waals surface area contributed by atoms with Gasteiger partial charge in [0.2, 0.25) is 5.91 Å². The molecule has 1 aliphatic carbocycles. The van der Waals surface area contributed by atoms with Crippen molar-refractivity contribution in [2.45, 2.75) is 49.9 Å². The lowest BCUT2D eigenvalue weighted by atomic mass is 9.87. The second-order valence-electron chi connectivity index (χ2n) is 9.07. The number of likely N-dealkylation sites (tertiary alicyclic amines) is 1. The number of hydrogen-bond acceptors (Lipinski definition) is 5. The van der Waals surface area contributed by atoms with Crippen molar-refractivity contribution in [1.29, 1.82) is 0 Å². The Morgan fingerprint density at radius 1 is 1.25 bits per heavy atom. The van der Waals surface area contributed by atoms with E-state index < -0.39 is 6.04 Å². The Bertz CT molecular complexity index is 1030. The van der Waals surface area contributed by atoms with E-state index >= 15 is 0 Å². The summed E-state index contributed by atoms with van der Waals surface area (Å²) in [6, 6.07) is 9.72. The Morgan fingerprint density at radius 2 is 2.03 bits per heavy atom. The van der Waals surface area contributed by atoms with Crippen LogP contribution in [0.15, 0.2) is 47.6 Å². The van der Waals surface area contributed by atoms with Crippen LogP contribution in [-0.4, -0.2) is 46.0 Å². The Balaban J connectivity index is 1.34. The molecule has 3 heterocycles. The summed E-state index contributed by atoms with van der Waals surface area (Å²) in [5.41, 5.74) is 1.34. The quantitative estimate of drug-likeness (QED) is 0.638. The smallest absolute Gasteiger partial charge is 0.249 e. The molecule has 1 aromatic heterocycles. The van der Waals surface area contributed by atoms with Crippen LogP contribution in [0, 0.1) is 11.2 Å². The van der Waals surface area contributed by atoms with Crippen LogP contribution in [0.2, 0.25) is 5.02 Å². The van der Waals surface area contributed by atoms with Crippen LogP contribution in [0.1, 0.15) is 43.4 Å². The highest BCUT2D eigenvalue weighted by molar-refractivity contribution is 8.14. The summed E-state index contributed by atoms with van der Waals surface area (Å²) in [7, 11) is 0. The van der Waals surface area contributed by atoms with Gasteiger partial charge in [-0.05, 0) is 67.9 Å². The number of thioether (sulfide) groups is 1. The third kappa shape index (κ3) is 4.50. The molecular formula is C24H26ClFN4OS. The molecule has 1 spiro atoms. The number of benzene rings is 1. The van der Waals surface area contributed by atoms with Crippen LogP contribution < -0.4 is 5.32 Å². The fourth-order valence-electron chi connectivity index (χ4n) is 4.86. The molecule has 168 valence electrons. The number of nitrogens with zero attached hydrogens (tertiary/aromatic N) is 3. The van der Waals surface area contributed by atoms with Gasteiger partial charge in [0.1, 0.15) is 17.7 Å². The normalized spacial score (nSPS) is 26.2. The first-order chi connectivity index (χ1) is 15.4. The van der Waals surface area contributed by atoms with E-state index in [2.05, 4.69) is 10.3 Å². The number of carbonyl (C=O) groups is 1. The van der Waals surface area contributed by atoms with Gasteiger partial charge in [-0.1, -0.05) is 23.7 Å². The molecule has 0 radical (unpaired) electrons. The number of aromatic nitrogens is 1. The van der Waals surface area contributed by atoms with Crippen LogP contribution in [-0.2, 0) is 4.79 Å². The van der Waals surface area contributed by atoms with Gasteiger partial charge in [-0.25, -0.2) is 9.37 Å². The number of carbonyl (C=O) groups excluding carboxylic acids is 1. The first-order valence-electron chi connectivity index (χ1n) is 11.0. The largest absolute Gasteiger partial charge is 0.368 e. The number of amides is 1. The van der Waals surface area contributed by atoms with Gasteiger partial charge in [0, 0.05) is 25.3 Å². The number of pyridine rings is 1. The lowest BCUT2D eigenvalue weighted by Crippen LogP contribution is -2.53. The van der Waals surface area contributed by atoms with Crippen molar-refractivity contribution >= 4 is 40.1 Å². The molecular weight excluding hydrogens is 447 g/mol. The van der Waals surface area contributed by atoms with E-state index in [1.165, 1.54) is 25.0 Å². The lowest BCUT2D eigenvalue weighted by Gasteiger charge is -2.41. The van der Waals surface area contributed by atoms with Crippen molar-refractivity contribution in [3.05, 3.63) is 59.0 Å².